The van der Waals surface area contributed by atoms with E-state index in [0.717, 1.165) is 20.4 Å². The first kappa shape index (κ1) is 18.5. The zero-order valence-electron chi connectivity index (χ0n) is 14.3. The van der Waals surface area contributed by atoms with Crippen molar-refractivity contribution < 1.29 is 18.0 Å². The lowest BCUT2D eigenvalue weighted by atomic mass is 10.2. The van der Waals surface area contributed by atoms with Crippen LogP contribution in [0.5, 0.6) is 0 Å². The molecule has 26 heavy (non-hydrogen) atoms. The fourth-order valence-electron chi connectivity index (χ4n) is 2.92. The van der Waals surface area contributed by atoms with E-state index in [0.29, 0.717) is 17.0 Å². The Bertz CT molecular complexity index is 958. The Balaban J connectivity index is 1.79. The van der Waals surface area contributed by atoms with Gasteiger partial charge < -0.3 is 4.57 Å². The number of hydrogen-bond acceptors (Lipinski definition) is 3. The Morgan fingerprint density at radius 2 is 1.92 bits per heavy atom. The van der Waals surface area contributed by atoms with Crippen LogP contribution in [-0.2, 0) is 6.54 Å². The summed E-state index contributed by atoms with van der Waals surface area (Å²) in [5.41, 5.74) is 1.97. The minimum atomic E-state index is -4.32. The van der Waals surface area contributed by atoms with Crippen molar-refractivity contribution in [2.45, 2.75) is 31.5 Å². The van der Waals surface area contributed by atoms with Crippen molar-refractivity contribution in [3.63, 3.8) is 0 Å². The molecule has 2 heterocycles. The molecule has 3 rings (SSSR count). The summed E-state index contributed by atoms with van der Waals surface area (Å²) in [6.07, 6.45) is -2.64. The van der Waals surface area contributed by atoms with Crippen molar-refractivity contribution >= 4 is 28.4 Å². The van der Waals surface area contributed by atoms with Crippen LogP contribution in [0.4, 0.5) is 13.2 Å². The Morgan fingerprint density at radius 1 is 1.19 bits per heavy atom. The minimum absolute atomic E-state index is 0.157. The van der Waals surface area contributed by atoms with E-state index < -0.39 is 12.7 Å². The highest BCUT2D eigenvalue weighted by Crippen LogP contribution is 2.28. The van der Waals surface area contributed by atoms with Crippen LogP contribution in [0.2, 0.25) is 0 Å². The lowest BCUT2D eigenvalue weighted by molar-refractivity contribution is -0.141. The van der Waals surface area contributed by atoms with Crippen molar-refractivity contribution in [2.24, 2.45) is 0 Å². The van der Waals surface area contributed by atoms with Gasteiger partial charge in [0, 0.05) is 33.4 Å². The molecule has 0 aliphatic rings. The van der Waals surface area contributed by atoms with Crippen molar-refractivity contribution in [1.82, 2.24) is 9.55 Å². The first-order valence-electron chi connectivity index (χ1n) is 7.99. The number of carbonyl (C=O) groups is 1. The molecule has 0 radical (unpaired) electrons. The molecule has 3 aromatic rings. The van der Waals surface area contributed by atoms with Crippen LogP contribution in [0.3, 0.4) is 0 Å². The van der Waals surface area contributed by atoms with Crippen molar-refractivity contribution in [3.8, 4) is 0 Å². The maximum atomic E-state index is 12.7. The molecular weight excluding hydrogens is 361 g/mol. The molecule has 0 bridgehead atoms. The molecule has 3 nitrogen and oxygen atoms in total. The van der Waals surface area contributed by atoms with E-state index >= 15 is 0 Å². The second-order valence-corrected chi connectivity index (χ2v) is 7.04. The normalized spacial score (nSPS) is 11.9. The Labute approximate surface area is 153 Å². The third kappa shape index (κ3) is 3.93. The standard InChI is InChI=1S/C19H17F3N2OS/c1-12-9-15(13(2)24(12)11-19(20,21)22)17(25)10-26-18-7-8-23-16-6-4-3-5-14(16)18/h3-9H,10-11H2,1-2H3. The lowest BCUT2D eigenvalue weighted by Crippen LogP contribution is -2.19. The summed E-state index contributed by atoms with van der Waals surface area (Å²) in [7, 11) is 0. The molecule has 0 aliphatic carbocycles. The fraction of sp³-hybridized carbons (Fsp3) is 0.263. The number of Topliss-reactive ketones (excluding diaryl/α,β-unsaturated/α-hetero) is 1. The molecule has 136 valence electrons. The maximum absolute atomic E-state index is 12.7. The van der Waals surface area contributed by atoms with Gasteiger partial charge in [-0.1, -0.05) is 18.2 Å². The van der Waals surface area contributed by atoms with Gasteiger partial charge in [-0.05, 0) is 32.0 Å². The largest absolute Gasteiger partial charge is 0.406 e. The summed E-state index contributed by atoms with van der Waals surface area (Å²) in [5, 5.41) is 0.954. The van der Waals surface area contributed by atoms with Gasteiger partial charge in [-0.2, -0.15) is 13.2 Å². The molecule has 2 aromatic heterocycles. The van der Waals surface area contributed by atoms with Gasteiger partial charge in [0.1, 0.15) is 6.54 Å². The van der Waals surface area contributed by atoms with Crippen molar-refractivity contribution in [2.75, 3.05) is 5.75 Å². The highest BCUT2D eigenvalue weighted by molar-refractivity contribution is 8.00. The number of para-hydroxylation sites is 1. The SMILES string of the molecule is Cc1cc(C(=O)CSc2ccnc3ccccc23)c(C)n1CC(F)(F)F. The van der Waals surface area contributed by atoms with E-state index in [4.69, 9.17) is 0 Å². The summed E-state index contributed by atoms with van der Waals surface area (Å²) in [6.45, 7) is 2.05. The monoisotopic (exact) mass is 378 g/mol. The van der Waals surface area contributed by atoms with Gasteiger partial charge in [-0.15, -0.1) is 11.8 Å². The van der Waals surface area contributed by atoms with Crippen LogP contribution in [0.1, 0.15) is 21.7 Å². The first-order valence-corrected chi connectivity index (χ1v) is 8.98. The summed E-state index contributed by atoms with van der Waals surface area (Å²) in [5.74, 6) is -0.0259. The second kappa shape index (κ2) is 7.15. The number of aryl methyl sites for hydroxylation is 1. The average Bonchev–Trinajstić information content (AvgIpc) is 2.86. The van der Waals surface area contributed by atoms with Gasteiger partial charge in [0.15, 0.2) is 5.78 Å². The fourth-order valence-corrected chi connectivity index (χ4v) is 3.85. The number of fused-ring (bicyclic) bond motifs is 1. The molecule has 0 spiro atoms. The summed E-state index contributed by atoms with van der Waals surface area (Å²) >= 11 is 1.37. The van der Waals surface area contributed by atoms with Crippen LogP contribution in [0.25, 0.3) is 10.9 Å². The molecule has 0 unspecified atom stereocenters. The number of alkyl halides is 3. The van der Waals surface area contributed by atoms with Crippen LogP contribution < -0.4 is 0 Å². The average molecular weight is 378 g/mol. The van der Waals surface area contributed by atoms with E-state index in [9.17, 15) is 18.0 Å². The van der Waals surface area contributed by atoms with Gasteiger partial charge in [-0.3, -0.25) is 9.78 Å². The topological polar surface area (TPSA) is 34.9 Å². The molecule has 0 amide bonds. The predicted molar refractivity (Wildman–Crippen MR) is 96.8 cm³/mol. The molecule has 0 saturated heterocycles. The molecule has 0 N–H and O–H groups in total. The number of ketones is 1. The van der Waals surface area contributed by atoms with Gasteiger partial charge in [-0.25, -0.2) is 0 Å². The number of halogens is 3. The number of thioether (sulfide) groups is 1. The van der Waals surface area contributed by atoms with E-state index in [1.165, 1.54) is 17.8 Å². The second-order valence-electron chi connectivity index (χ2n) is 6.02. The highest BCUT2D eigenvalue weighted by Gasteiger charge is 2.30. The molecule has 0 saturated carbocycles. The van der Waals surface area contributed by atoms with Gasteiger partial charge in [0.25, 0.3) is 0 Å². The van der Waals surface area contributed by atoms with E-state index in [1.807, 2.05) is 30.3 Å². The van der Waals surface area contributed by atoms with Crippen molar-refractivity contribution in [3.05, 3.63) is 59.5 Å². The lowest BCUT2D eigenvalue weighted by Gasteiger charge is -2.12. The van der Waals surface area contributed by atoms with Crippen LogP contribution in [-0.4, -0.2) is 27.3 Å². The number of pyridine rings is 1. The first-order chi connectivity index (χ1) is 12.3. The zero-order chi connectivity index (χ0) is 18.9. The van der Waals surface area contributed by atoms with Gasteiger partial charge >= 0.3 is 6.18 Å². The van der Waals surface area contributed by atoms with Crippen LogP contribution in [0.15, 0.2) is 47.5 Å². The van der Waals surface area contributed by atoms with Crippen LogP contribution >= 0.6 is 11.8 Å². The number of benzene rings is 1. The summed E-state index contributed by atoms with van der Waals surface area (Å²) < 4.78 is 39.3. The molecular formula is C19H17F3N2OS. The van der Waals surface area contributed by atoms with E-state index in [1.54, 1.807) is 20.0 Å². The van der Waals surface area contributed by atoms with Gasteiger partial charge in [0.2, 0.25) is 0 Å². The predicted octanol–water partition coefficient (Wildman–Crippen LogP) is 5.19. The van der Waals surface area contributed by atoms with Crippen molar-refractivity contribution in [1.29, 1.82) is 0 Å². The molecule has 1 aromatic carbocycles. The van der Waals surface area contributed by atoms with Gasteiger partial charge in [0.05, 0.1) is 11.3 Å². The Hall–Kier alpha value is -2.28. The smallest absolute Gasteiger partial charge is 0.339 e. The number of aromatic nitrogens is 2. The molecule has 0 fully saturated rings. The van der Waals surface area contributed by atoms with Crippen LogP contribution in [0, 0.1) is 13.8 Å². The van der Waals surface area contributed by atoms with E-state index in [-0.39, 0.29) is 11.5 Å². The summed E-state index contributed by atoms with van der Waals surface area (Å²) in [6, 6.07) is 11.0. The summed E-state index contributed by atoms with van der Waals surface area (Å²) in [4.78, 5) is 17.8. The third-order valence-corrected chi connectivity index (χ3v) is 5.25. The maximum Gasteiger partial charge on any atom is 0.406 e. The van der Waals surface area contributed by atoms with E-state index in [2.05, 4.69) is 4.98 Å². The highest BCUT2D eigenvalue weighted by atomic mass is 32.2. The third-order valence-electron chi connectivity index (χ3n) is 4.18. The Morgan fingerprint density at radius 3 is 2.65 bits per heavy atom. The minimum Gasteiger partial charge on any atom is -0.339 e. The Kier molecular flexibility index (Phi) is 5.09. The number of carbonyl (C=O) groups excluding carboxylic acids is 1. The number of nitrogens with zero attached hydrogens (tertiary/aromatic N) is 2. The number of hydrogen-bond donors (Lipinski definition) is 0. The zero-order valence-corrected chi connectivity index (χ0v) is 15.1. The molecule has 0 atom stereocenters. The quantitative estimate of drug-likeness (QED) is 0.453. The molecule has 0 aliphatic heterocycles. The number of rotatable bonds is 5. The molecule has 7 heteroatoms.